The summed E-state index contributed by atoms with van der Waals surface area (Å²) in [7, 11) is 0. The van der Waals surface area contributed by atoms with E-state index in [0.29, 0.717) is 19.4 Å². The summed E-state index contributed by atoms with van der Waals surface area (Å²) in [6, 6.07) is 0. The van der Waals surface area contributed by atoms with Gasteiger partial charge in [0, 0.05) is 18.5 Å². The quantitative estimate of drug-likeness (QED) is 0.798. The molecule has 1 aliphatic heterocycles. The van der Waals surface area contributed by atoms with Gasteiger partial charge < -0.3 is 4.90 Å². The van der Waals surface area contributed by atoms with E-state index in [4.69, 9.17) is 0 Å². The van der Waals surface area contributed by atoms with Crippen LogP contribution in [0.5, 0.6) is 0 Å². The van der Waals surface area contributed by atoms with E-state index in [1.54, 1.807) is 4.90 Å². The number of rotatable bonds is 2. The minimum absolute atomic E-state index is 0.0458. The van der Waals surface area contributed by atoms with Gasteiger partial charge in [-0.3, -0.25) is 4.79 Å². The van der Waals surface area contributed by atoms with Crippen molar-refractivity contribution in [2.45, 2.75) is 19.0 Å². The molecule has 8 heteroatoms. The fourth-order valence-corrected chi connectivity index (χ4v) is 3.25. The van der Waals surface area contributed by atoms with Crippen LogP contribution in [0.2, 0.25) is 0 Å². The highest BCUT2D eigenvalue weighted by molar-refractivity contribution is 7.17. The monoisotopic (exact) mass is 314 g/mol. The molecule has 1 fully saturated rings. The van der Waals surface area contributed by atoms with Crippen molar-refractivity contribution in [3.05, 3.63) is 23.1 Å². The van der Waals surface area contributed by atoms with Crippen LogP contribution in [-0.2, 0) is 6.18 Å². The number of thiophene rings is 1. The van der Waals surface area contributed by atoms with Crippen molar-refractivity contribution in [3.63, 3.8) is 0 Å². The molecule has 0 N–H and O–H groups in total. The number of hydrogen-bond donors (Lipinski definition) is 0. The standard InChI is InChI=1S/C13H11F3N3OS/c14-13(15,16)11-10-9(8(6-20)7-21-10)17-12(18-11)19-4-2-1-3-5-19/h1,6-7H,2-5H2. The van der Waals surface area contributed by atoms with E-state index in [1.807, 2.05) is 0 Å². The highest BCUT2D eigenvalue weighted by Gasteiger charge is 2.37. The molecule has 3 rings (SSSR count). The largest absolute Gasteiger partial charge is 0.434 e. The molecule has 0 amide bonds. The zero-order chi connectivity index (χ0) is 15.0. The molecule has 0 aromatic carbocycles. The van der Waals surface area contributed by atoms with Crippen molar-refractivity contribution in [1.29, 1.82) is 0 Å². The fourth-order valence-electron chi connectivity index (χ4n) is 2.29. The van der Waals surface area contributed by atoms with E-state index in [-0.39, 0.29) is 21.7 Å². The van der Waals surface area contributed by atoms with E-state index < -0.39 is 11.9 Å². The SMILES string of the molecule is O=Cc1csc2c(C(F)(F)F)nc(N3CC[CH]CC3)nc12. The number of hydrogen-bond acceptors (Lipinski definition) is 5. The zero-order valence-corrected chi connectivity index (χ0v) is 11.7. The van der Waals surface area contributed by atoms with Crippen molar-refractivity contribution >= 4 is 33.8 Å². The predicted molar refractivity (Wildman–Crippen MR) is 73.6 cm³/mol. The van der Waals surface area contributed by atoms with Crippen LogP contribution in [0.4, 0.5) is 19.1 Å². The molecule has 1 aliphatic rings. The summed E-state index contributed by atoms with van der Waals surface area (Å²) in [6.07, 6.45) is -0.385. The van der Waals surface area contributed by atoms with Crippen LogP contribution in [0.1, 0.15) is 28.9 Å². The number of carbonyl (C=O) groups is 1. The summed E-state index contributed by atoms with van der Waals surface area (Å²) < 4.78 is 39.5. The van der Waals surface area contributed by atoms with Gasteiger partial charge in [-0.05, 0) is 19.3 Å². The first-order chi connectivity index (χ1) is 10.0. The summed E-state index contributed by atoms with van der Waals surface area (Å²) in [5, 5.41) is 1.38. The minimum Gasteiger partial charge on any atom is -0.341 e. The molecule has 0 bridgehead atoms. The summed E-state index contributed by atoms with van der Waals surface area (Å²) in [5.74, 6) is 0.0458. The lowest BCUT2D eigenvalue weighted by molar-refractivity contribution is -0.139. The average Bonchev–Trinajstić information content (AvgIpc) is 2.89. The molecule has 1 radical (unpaired) electrons. The van der Waals surface area contributed by atoms with Crippen molar-refractivity contribution in [3.8, 4) is 0 Å². The number of aldehydes is 1. The summed E-state index contributed by atoms with van der Waals surface area (Å²) >= 11 is 0.846. The van der Waals surface area contributed by atoms with Gasteiger partial charge in [0.2, 0.25) is 5.95 Å². The second-order valence-electron chi connectivity index (χ2n) is 4.71. The number of halogens is 3. The lowest BCUT2D eigenvalue weighted by Gasteiger charge is -2.27. The normalized spacial score (nSPS) is 16.4. The number of anilines is 1. The first-order valence-corrected chi connectivity index (χ1v) is 7.27. The molecule has 21 heavy (non-hydrogen) atoms. The Morgan fingerprint density at radius 1 is 1.24 bits per heavy atom. The molecule has 0 unspecified atom stereocenters. The second-order valence-corrected chi connectivity index (χ2v) is 5.59. The van der Waals surface area contributed by atoms with Crippen molar-refractivity contribution in [1.82, 2.24) is 9.97 Å². The average molecular weight is 314 g/mol. The Bertz CT molecular complexity index is 677. The van der Waals surface area contributed by atoms with E-state index in [0.717, 1.165) is 24.2 Å². The first kappa shape index (κ1) is 14.2. The van der Waals surface area contributed by atoms with Gasteiger partial charge in [-0.15, -0.1) is 11.3 Å². The van der Waals surface area contributed by atoms with Crippen LogP contribution in [0.15, 0.2) is 5.38 Å². The third kappa shape index (κ3) is 2.59. The zero-order valence-electron chi connectivity index (χ0n) is 10.9. The molecule has 0 spiro atoms. The van der Waals surface area contributed by atoms with Crippen molar-refractivity contribution in [2.75, 3.05) is 18.0 Å². The third-order valence-electron chi connectivity index (χ3n) is 3.32. The summed E-state index contributed by atoms with van der Waals surface area (Å²) in [4.78, 5) is 20.6. The maximum Gasteiger partial charge on any atom is 0.434 e. The third-order valence-corrected chi connectivity index (χ3v) is 4.31. The molecular weight excluding hydrogens is 303 g/mol. The van der Waals surface area contributed by atoms with Crippen molar-refractivity contribution < 1.29 is 18.0 Å². The van der Waals surface area contributed by atoms with Crippen LogP contribution < -0.4 is 4.90 Å². The highest BCUT2D eigenvalue weighted by atomic mass is 32.1. The Hall–Kier alpha value is -1.70. The van der Waals surface area contributed by atoms with Gasteiger partial charge in [0.25, 0.3) is 0 Å². The molecule has 111 valence electrons. The Morgan fingerprint density at radius 2 is 1.95 bits per heavy atom. The Labute approximate surface area is 122 Å². The lowest BCUT2D eigenvalue weighted by atomic mass is 10.1. The number of carbonyl (C=O) groups excluding carboxylic acids is 1. The maximum absolute atomic E-state index is 13.2. The number of nitrogens with zero attached hydrogens (tertiary/aromatic N) is 3. The lowest BCUT2D eigenvalue weighted by Crippen LogP contribution is -2.31. The molecule has 1 saturated heterocycles. The first-order valence-electron chi connectivity index (χ1n) is 6.39. The molecular formula is C13H11F3N3OS. The number of alkyl halides is 3. The molecule has 3 heterocycles. The molecule has 4 nitrogen and oxygen atoms in total. The number of fused-ring (bicyclic) bond motifs is 1. The van der Waals surface area contributed by atoms with E-state index in [9.17, 15) is 18.0 Å². The molecule has 2 aromatic rings. The summed E-state index contributed by atoms with van der Waals surface area (Å²) in [6.45, 7) is 1.17. The molecule has 0 aliphatic carbocycles. The van der Waals surface area contributed by atoms with Gasteiger partial charge in [-0.25, -0.2) is 9.97 Å². The van der Waals surface area contributed by atoms with Gasteiger partial charge in [0.1, 0.15) is 0 Å². The Balaban J connectivity index is 2.19. The molecule has 2 aromatic heterocycles. The Morgan fingerprint density at radius 3 is 2.57 bits per heavy atom. The van der Waals surface area contributed by atoms with Crippen LogP contribution in [0.25, 0.3) is 10.2 Å². The van der Waals surface area contributed by atoms with Crippen LogP contribution in [0.3, 0.4) is 0 Å². The van der Waals surface area contributed by atoms with Crippen molar-refractivity contribution in [2.24, 2.45) is 0 Å². The van der Waals surface area contributed by atoms with Gasteiger partial charge in [-0.1, -0.05) is 0 Å². The van der Waals surface area contributed by atoms with Crippen LogP contribution >= 0.6 is 11.3 Å². The second kappa shape index (κ2) is 5.25. The molecule has 0 saturated carbocycles. The summed E-state index contributed by atoms with van der Waals surface area (Å²) in [5.41, 5.74) is -0.704. The van der Waals surface area contributed by atoms with Gasteiger partial charge in [0.15, 0.2) is 12.0 Å². The van der Waals surface area contributed by atoms with E-state index in [1.165, 1.54) is 5.38 Å². The van der Waals surface area contributed by atoms with E-state index >= 15 is 0 Å². The number of piperidine rings is 1. The fraction of sp³-hybridized carbons (Fsp3) is 0.385. The van der Waals surface area contributed by atoms with Gasteiger partial charge in [0.05, 0.1) is 15.8 Å². The highest BCUT2D eigenvalue weighted by Crippen LogP contribution is 2.38. The minimum atomic E-state index is -4.57. The molecule has 0 atom stereocenters. The van der Waals surface area contributed by atoms with Gasteiger partial charge >= 0.3 is 6.18 Å². The predicted octanol–water partition coefficient (Wildman–Crippen LogP) is 3.33. The van der Waals surface area contributed by atoms with E-state index in [2.05, 4.69) is 16.4 Å². The maximum atomic E-state index is 13.2. The number of aromatic nitrogens is 2. The smallest absolute Gasteiger partial charge is 0.341 e. The topological polar surface area (TPSA) is 46.1 Å². The van der Waals surface area contributed by atoms with Gasteiger partial charge in [-0.2, -0.15) is 13.2 Å². The Kier molecular flexibility index (Phi) is 3.56. The van der Waals surface area contributed by atoms with Crippen LogP contribution in [0, 0.1) is 6.42 Å². The van der Waals surface area contributed by atoms with Crippen LogP contribution in [-0.4, -0.2) is 29.3 Å².